The van der Waals surface area contributed by atoms with Crippen molar-refractivity contribution in [2.45, 2.75) is 213 Å². The van der Waals surface area contributed by atoms with Gasteiger partial charge in [-0.1, -0.05) is 264 Å². The average Bonchev–Trinajstić information content (AvgIpc) is 3.46. The number of rotatable bonds is 53. The molecule has 0 radical (unpaired) electrons. The quantitative estimate of drug-likeness (QED) is 0.0373. The predicted octanol–water partition coefficient (Wildman–Crippen LogP) is 21.7. The number of unbranched alkanes of at least 4 members (excludes halogenated alkanes) is 7. The summed E-state index contributed by atoms with van der Waals surface area (Å²) in [5.74, 6) is -0.686. The van der Waals surface area contributed by atoms with Crippen molar-refractivity contribution in [3.05, 3.63) is 231 Å². The molecule has 0 aromatic carbocycles. The van der Waals surface area contributed by atoms with Crippen LogP contribution in [-0.4, -0.2) is 36.4 Å². The molecule has 1 atom stereocenters. The number of hydrogen-bond acceptors (Lipinski definition) is 5. The molecule has 80 heavy (non-hydrogen) atoms. The van der Waals surface area contributed by atoms with E-state index in [1.165, 1.54) is 0 Å². The van der Waals surface area contributed by atoms with E-state index in [2.05, 4.69) is 245 Å². The molecule has 0 saturated carbocycles. The van der Waals surface area contributed by atoms with Crippen LogP contribution in [0.3, 0.4) is 0 Å². The van der Waals surface area contributed by atoms with Crippen LogP contribution in [0.2, 0.25) is 0 Å². The molecule has 5 nitrogen and oxygen atoms in total. The van der Waals surface area contributed by atoms with E-state index in [9.17, 15) is 14.7 Å². The molecule has 0 aliphatic rings. The minimum Gasteiger partial charge on any atom is -0.462 e. The summed E-state index contributed by atoms with van der Waals surface area (Å²) in [5, 5.41) is 9.67. The van der Waals surface area contributed by atoms with E-state index in [0.717, 1.165) is 180 Å². The second-order valence-electron chi connectivity index (χ2n) is 19.3. The predicted molar refractivity (Wildman–Crippen MR) is 351 cm³/mol. The molecule has 0 saturated heterocycles. The van der Waals surface area contributed by atoms with Crippen LogP contribution < -0.4 is 0 Å². The van der Waals surface area contributed by atoms with E-state index >= 15 is 0 Å². The zero-order valence-electron chi connectivity index (χ0n) is 50.2. The van der Waals surface area contributed by atoms with Crippen LogP contribution in [0, 0.1) is 0 Å². The zero-order chi connectivity index (χ0) is 57.6. The lowest BCUT2D eigenvalue weighted by molar-refractivity contribution is -0.161. The SMILES string of the molecule is CC/C=C\C/C=C\C/C=C\C/C=C\C/C=C\C/C=C\C/C=C\C/C=C\C/C=C\C/C=C\C/C=C\CCCCCCCC(=O)OC(CO)COC(=O)CCCC/C=C\C/C=C\C/C=C\C/C=C\C/C=C\C/C=C\C/C=C\C/C=C\CC. The van der Waals surface area contributed by atoms with Gasteiger partial charge in [0.25, 0.3) is 0 Å². The summed E-state index contributed by atoms with van der Waals surface area (Å²) in [6, 6.07) is 0. The van der Waals surface area contributed by atoms with Gasteiger partial charge in [0.05, 0.1) is 6.61 Å². The summed E-state index contributed by atoms with van der Waals surface area (Å²) in [5.41, 5.74) is 0. The first-order chi connectivity index (χ1) is 39.6. The van der Waals surface area contributed by atoms with Crippen LogP contribution in [0.4, 0.5) is 0 Å². The van der Waals surface area contributed by atoms with Gasteiger partial charge in [-0.05, 0) is 161 Å². The number of esters is 2. The standard InChI is InChI=1S/C75H110O5/c1-3-5-7-9-11-13-15-17-19-21-23-25-27-29-31-32-33-34-35-36-37-38-39-40-41-42-44-46-48-50-52-54-56-58-60-62-64-66-68-70-75(78)80-73(71-76)72-79-74(77)69-67-65-63-61-59-57-55-53-51-49-47-45-43-30-28-26-24-22-20-18-16-14-12-10-8-6-4-2/h5-8,11-14,17-20,23-26,29-31,33-34,36-37,39-40,42-44,47-50,53-56,59,61,73,76H,3-4,9-10,15-16,21-22,27-28,32,35,38,41,45-46,51-52,57-58,60,62-72H2,1-2H3/b7-5-,8-6-,13-11-,14-12-,19-17-,20-18-,25-23-,26-24-,31-29-,34-33-,37-36-,40-39-,43-30-,44-42-,49-47-,50-48-,55-53-,56-54-,61-59-. The van der Waals surface area contributed by atoms with Gasteiger partial charge in [0.2, 0.25) is 0 Å². The number of carbonyl (C=O) groups is 2. The Balaban J connectivity index is 3.74. The van der Waals surface area contributed by atoms with Crippen molar-refractivity contribution in [3.63, 3.8) is 0 Å². The molecule has 1 N–H and O–H groups in total. The molecule has 0 aliphatic carbocycles. The van der Waals surface area contributed by atoms with Crippen molar-refractivity contribution in [1.29, 1.82) is 0 Å². The maximum Gasteiger partial charge on any atom is 0.306 e. The highest BCUT2D eigenvalue weighted by atomic mass is 16.6. The van der Waals surface area contributed by atoms with Crippen molar-refractivity contribution >= 4 is 11.9 Å². The third kappa shape index (κ3) is 64.5. The second kappa shape index (κ2) is 67.2. The van der Waals surface area contributed by atoms with Crippen molar-refractivity contribution in [1.82, 2.24) is 0 Å². The molecule has 0 amide bonds. The highest BCUT2D eigenvalue weighted by Gasteiger charge is 2.16. The molecule has 0 fully saturated rings. The van der Waals surface area contributed by atoms with Crippen molar-refractivity contribution in [3.8, 4) is 0 Å². The van der Waals surface area contributed by atoms with Gasteiger partial charge in [-0.3, -0.25) is 9.59 Å². The second-order valence-corrected chi connectivity index (χ2v) is 19.3. The van der Waals surface area contributed by atoms with Gasteiger partial charge in [0, 0.05) is 12.8 Å². The molecular weight excluding hydrogens is 981 g/mol. The summed E-state index contributed by atoms with van der Waals surface area (Å²) in [7, 11) is 0. The molecular formula is C75H110O5. The number of carbonyl (C=O) groups excluding carboxylic acids is 2. The average molecular weight is 1090 g/mol. The third-order valence-corrected chi connectivity index (χ3v) is 12.0. The van der Waals surface area contributed by atoms with E-state index < -0.39 is 6.10 Å². The van der Waals surface area contributed by atoms with Gasteiger partial charge < -0.3 is 14.6 Å². The number of aliphatic hydroxyl groups is 1. The Morgan fingerprint density at radius 1 is 0.287 bits per heavy atom. The number of allylic oxidation sites excluding steroid dienone is 38. The highest BCUT2D eigenvalue weighted by Crippen LogP contribution is 2.11. The van der Waals surface area contributed by atoms with E-state index in [4.69, 9.17) is 9.47 Å². The summed E-state index contributed by atoms with van der Waals surface area (Å²) >= 11 is 0. The third-order valence-electron chi connectivity index (χ3n) is 12.0. The molecule has 0 heterocycles. The zero-order valence-corrected chi connectivity index (χ0v) is 50.2. The molecule has 0 aliphatic heterocycles. The normalized spacial score (nSPS) is 13.9. The summed E-state index contributed by atoms with van der Waals surface area (Å²) in [6.45, 7) is 3.83. The fraction of sp³-hybridized carbons (Fsp3) is 0.467. The van der Waals surface area contributed by atoms with Gasteiger partial charge in [-0.25, -0.2) is 0 Å². The Kier molecular flexibility index (Phi) is 62.2. The minimum absolute atomic E-state index is 0.114. The maximum atomic E-state index is 12.3. The van der Waals surface area contributed by atoms with Gasteiger partial charge in [-0.15, -0.1) is 0 Å². The van der Waals surface area contributed by atoms with Crippen molar-refractivity contribution in [2.24, 2.45) is 0 Å². The fourth-order valence-electron chi connectivity index (χ4n) is 7.40. The molecule has 0 rings (SSSR count). The van der Waals surface area contributed by atoms with Crippen LogP contribution in [-0.2, 0) is 19.1 Å². The first-order valence-corrected chi connectivity index (χ1v) is 30.9. The number of ether oxygens (including phenoxy) is 2. The first-order valence-electron chi connectivity index (χ1n) is 30.9. The lowest BCUT2D eigenvalue weighted by atomic mass is 10.1. The summed E-state index contributed by atoms with van der Waals surface area (Å²) < 4.78 is 10.7. The van der Waals surface area contributed by atoms with Gasteiger partial charge in [0.15, 0.2) is 6.10 Å². The van der Waals surface area contributed by atoms with Crippen LogP contribution in [0.15, 0.2) is 231 Å². The molecule has 0 spiro atoms. The Morgan fingerprint density at radius 2 is 0.500 bits per heavy atom. The van der Waals surface area contributed by atoms with E-state index in [1.807, 2.05) is 0 Å². The van der Waals surface area contributed by atoms with E-state index in [1.54, 1.807) is 0 Å². The largest absolute Gasteiger partial charge is 0.462 e. The summed E-state index contributed by atoms with van der Waals surface area (Å²) in [6.07, 6.45) is 112. The molecule has 0 aromatic rings. The topological polar surface area (TPSA) is 72.8 Å². The van der Waals surface area contributed by atoms with Crippen LogP contribution in [0.1, 0.15) is 206 Å². The molecule has 0 bridgehead atoms. The molecule has 5 heteroatoms. The fourth-order valence-corrected chi connectivity index (χ4v) is 7.40. The Morgan fingerprint density at radius 3 is 0.775 bits per heavy atom. The van der Waals surface area contributed by atoms with Crippen LogP contribution >= 0.6 is 0 Å². The van der Waals surface area contributed by atoms with Gasteiger partial charge in [0.1, 0.15) is 6.61 Å². The van der Waals surface area contributed by atoms with Crippen LogP contribution in [0.5, 0.6) is 0 Å². The smallest absolute Gasteiger partial charge is 0.306 e. The molecule has 440 valence electrons. The number of hydrogen-bond donors (Lipinski definition) is 1. The van der Waals surface area contributed by atoms with Crippen molar-refractivity contribution < 1.29 is 24.2 Å². The maximum absolute atomic E-state index is 12.3. The number of aliphatic hydroxyl groups excluding tert-OH is 1. The highest BCUT2D eigenvalue weighted by molar-refractivity contribution is 5.70. The van der Waals surface area contributed by atoms with E-state index in [0.29, 0.717) is 12.8 Å². The molecule has 1 unspecified atom stereocenters. The Hall–Kier alpha value is -6.04. The van der Waals surface area contributed by atoms with E-state index in [-0.39, 0.29) is 25.2 Å². The Bertz CT molecular complexity index is 2010. The minimum atomic E-state index is -0.822. The monoisotopic (exact) mass is 1090 g/mol. The summed E-state index contributed by atoms with van der Waals surface area (Å²) in [4.78, 5) is 24.6. The first kappa shape index (κ1) is 74.0. The van der Waals surface area contributed by atoms with Gasteiger partial charge >= 0.3 is 11.9 Å². The molecule has 0 aromatic heterocycles. The van der Waals surface area contributed by atoms with Gasteiger partial charge in [-0.2, -0.15) is 0 Å². The Labute approximate surface area is 490 Å². The lowest BCUT2D eigenvalue weighted by Crippen LogP contribution is -2.28. The lowest BCUT2D eigenvalue weighted by Gasteiger charge is -2.15. The van der Waals surface area contributed by atoms with Crippen molar-refractivity contribution in [2.75, 3.05) is 13.2 Å². The van der Waals surface area contributed by atoms with Crippen LogP contribution in [0.25, 0.3) is 0 Å².